The van der Waals surface area contributed by atoms with Crippen LogP contribution in [0.5, 0.6) is 0 Å². The van der Waals surface area contributed by atoms with Crippen LogP contribution in [0.1, 0.15) is 32.0 Å². The lowest BCUT2D eigenvalue weighted by Gasteiger charge is -2.38. The Hall–Kier alpha value is -1.03. The molecule has 0 aliphatic carbocycles. The van der Waals surface area contributed by atoms with E-state index in [9.17, 15) is 8.78 Å². The Morgan fingerprint density at radius 1 is 1.29 bits per heavy atom. The highest BCUT2D eigenvalue weighted by molar-refractivity contribution is 5.21. The lowest BCUT2D eigenvalue weighted by Crippen LogP contribution is -2.55. The summed E-state index contributed by atoms with van der Waals surface area (Å²) in [5, 5.41) is 0. The molecule has 0 unspecified atom stereocenters. The van der Waals surface area contributed by atoms with Gasteiger partial charge in [0.2, 0.25) is 0 Å². The average molecular weight is 240 g/mol. The Bertz CT molecular complexity index is 385. The van der Waals surface area contributed by atoms with Crippen molar-refractivity contribution >= 4 is 0 Å². The molecule has 0 bridgehead atoms. The third kappa shape index (κ3) is 3.00. The molecule has 1 aromatic heterocycles. The van der Waals surface area contributed by atoms with Crippen LogP contribution in [0, 0.1) is 0 Å². The van der Waals surface area contributed by atoms with E-state index < -0.39 is 5.92 Å². The van der Waals surface area contributed by atoms with Gasteiger partial charge in [-0.15, -0.1) is 0 Å². The van der Waals surface area contributed by atoms with Crippen molar-refractivity contribution in [2.24, 2.45) is 0 Å². The second-order valence-corrected chi connectivity index (χ2v) is 5.79. The van der Waals surface area contributed by atoms with Gasteiger partial charge in [-0.05, 0) is 17.0 Å². The number of hydrogen-bond donors (Lipinski definition) is 0. The molecule has 0 saturated carbocycles. The van der Waals surface area contributed by atoms with Gasteiger partial charge in [0.25, 0.3) is 5.92 Å². The van der Waals surface area contributed by atoms with Gasteiger partial charge < -0.3 is 0 Å². The molecular formula is C13H18F2N2. The van der Waals surface area contributed by atoms with Crippen molar-refractivity contribution in [2.45, 2.75) is 38.7 Å². The van der Waals surface area contributed by atoms with Gasteiger partial charge in [-0.2, -0.15) is 0 Å². The van der Waals surface area contributed by atoms with Crippen LogP contribution in [0.15, 0.2) is 18.3 Å². The Labute approximate surface area is 101 Å². The molecule has 2 nitrogen and oxygen atoms in total. The molecule has 2 heterocycles. The van der Waals surface area contributed by atoms with Crippen molar-refractivity contribution in [3.8, 4) is 0 Å². The molecule has 0 aromatic carbocycles. The Morgan fingerprint density at radius 3 is 2.35 bits per heavy atom. The second kappa shape index (κ2) is 4.02. The van der Waals surface area contributed by atoms with E-state index in [1.165, 1.54) is 0 Å². The standard InChI is InChI=1S/C13H18F2N2/c1-12(2,3)10-4-5-11(16-6-10)7-17-8-13(14,15)9-17/h4-6H,7-9H2,1-3H3. The van der Waals surface area contributed by atoms with E-state index in [1.807, 2.05) is 18.3 Å². The predicted octanol–water partition coefficient (Wildman–Crippen LogP) is 2.83. The summed E-state index contributed by atoms with van der Waals surface area (Å²) in [4.78, 5) is 6.04. The molecule has 17 heavy (non-hydrogen) atoms. The SMILES string of the molecule is CC(C)(C)c1ccc(CN2CC(F)(F)C2)nc1. The monoisotopic (exact) mass is 240 g/mol. The number of halogens is 2. The van der Waals surface area contributed by atoms with Crippen LogP contribution in [0.3, 0.4) is 0 Å². The Balaban J connectivity index is 1.96. The van der Waals surface area contributed by atoms with Crippen LogP contribution in [0.4, 0.5) is 8.78 Å². The zero-order valence-electron chi connectivity index (χ0n) is 10.5. The number of nitrogens with zero attached hydrogens (tertiary/aromatic N) is 2. The van der Waals surface area contributed by atoms with E-state index in [4.69, 9.17) is 0 Å². The minimum Gasteiger partial charge on any atom is -0.285 e. The van der Waals surface area contributed by atoms with Crippen LogP contribution >= 0.6 is 0 Å². The van der Waals surface area contributed by atoms with E-state index in [2.05, 4.69) is 25.8 Å². The number of hydrogen-bond acceptors (Lipinski definition) is 2. The molecule has 1 fully saturated rings. The van der Waals surface area contributed by atoms with Crippen molar-refractivity contribution in [1.29, 1.82) is 0 Å². The van der Waals surface area contributed by atoms with Crippen molar-refractivity contribution in [3.05, 3.63) is 29.6 Å². The molecule has 2 rings (SSSR count). The quantitative estimate of drug-likeness (QED) is 0.790. The fraction of sp³-hybridized carbons (Fsp3) is 0.615. The fourth-order valence-electron chi connectivity index (χ4n) is 1.91. The summed E-state index contributed by atoms with van der Waals surface area (Å²) in [6.45, 7) is 6.60. The van der Waals surface area contributed by atoms with Gasteiger partial charge in [-0.25, -0.2) is 8.78 Å². The van der Waals surface area contributed by atoms with Crippen LogP contribution < -0.4 is 0 Å². The lowest BCUT2D eigenvalue weighted by molar-refractivity contribution is -0.134. The van der Waals surface area contributed by atoms with Crippen molar-refractivity contribution in [3.63, 3.8) is 0 Å². The minimum atomic E-state index is -2.49. The van der Waals surface area contributed by atoms with Crippen LogP contribution in [0.2, 0.25) is 0 Å². The first-order valence-electron chi connectivity index (χ1n) is 5.82. The average Bonchev–Trinajstić information content (AvgIpc) is 2.14. The summed E-state index contributed by atoms with van der Waals surface area (Å²) in [7, 11) is 0. The summed E-state index contributed by atoms with van der Waals surface area (Å²) in [6.07, 6.45) is 1.84. The van der Waals surface area contributed by atoms with Gasteiger partial charge >= 0.3 is 0 Å². The molecule has 1 saturated heterocycles. The maximum Gasteiger partial charge on any atom is 0.272 e. The highest BCUT2D eigenvalue weighted by atomic mass is 19.3. The third-order valence-electron chi connectivity index (χ3n) is 2.99. The first-order valence-corrected chi connectivity index (χ1v) is 5.82. The van der Waals surface area contributed by atoms with E-state index in [0.717, 1.165) is 11.3 Å². The summed E-state index contributed by atoms with van der Waals surface area (Å²) in [5.74, 6) is -2.49. The first kappa shape index (κ1) is 12.4. The zero-order valence-corrected chi connectivity index (χ0v) is 10.5. The normalized spacial score (nSPS) is 20.1. The summed E-state index contributed by atoms with van der Waals surface area (Å²) in [5.41, 5.74) is 2.10. The van der Waals surface area contributed by atoms with Crippen LogP contribution in [-0.4, -0.2) is 28.9 Å². The summed E-state index contributed by atoms with van der Waals surface area (Å²) in [6, 6.07) is 3.96. The van der Waals surface area contributed by atoms with E-state index >= 15 is 0 Å². The molecule has 0 amide bonds. The molecule has 1 aliphatic heterocycles. The topological polar surface area (TPSA) is 16.1 Å². The molecule has 0 spiro atoms. The third-order valence-corrected chi connectivity index (χ3v) is 2.99. The van der Waals surface area contributed by atoms with Gasteiger partial charge in [0.1, 0.15) is 0 Å². The van der Waals surface area contributed by atoms with E-state index in [-0.39, 0.29) is 18.5 Å². The molecule has 4 heteroatoms. The molecule has 0 N–H and O–H groups in total. The Kier molecular flexibility index (Phi) is 2.94. The molecule has 0 atom stereocenters. The number of likely N-dealkylation sites (tertiary alicyclic amines) is 1. The van der Waals surface area contributed by atoms with Crippen LogP contribution in [0.25, 0.3) is 0 Å². The Morgan fingerprint density at radius 2 is 1.94 bits per heavy atom. The number of pyridine rings is 1. The highest BCUT2D eigenvalue weighted by Gasteiger charge is 2.43. The van der Waals surface area contributed by atoms with Crippen LogP contribution in [-0.2, 0) is 12.0 Å². The van der Waals surface area contributed by atoms with Gasteiger partial charge in [-0.1, -0.05) is 26.8 Å². The molecule has 94 valence electrons. The second-order valence-electron chi connectivity index (χ2n) is 5.79. The molecule has 0 radical (unpaired) electrons. The number of alkyl halides is 2. The van der Waals surface area contributed by atoms with Gasteiger partial charge in [0.15, 0.2) is 0 Å². The smallest absolute Gasteiger partial charge is 0.272 e. The largest absolute Gasteiger partial charge is 0.285 e. The maximum atomic E-state index is 12.6. The molecule has 1 aliphatic rings. The predicted molar refractivity (Wildman–Crippen MR) is 63.2 cm³/mol. The highest BCUT2D eigenvalue weighted by Crippen LogP contribution is 2.28. The van der Waals surface area contributed by atoms with Gasteiger partial charge in [-0.3, -0.25) is 9.88 Å². The number of aromatic nitrogens is 1. The number of rotatable bonds is 2. The fourth-order valence-corrected chi connectivity index (χ4v) is 1.91. The van der Waals surface area contributed by atoms with Crippen molar-refractivity contribution < 1.29 is 8.78 Å². The molecule has 1 aromatic rings. The summed E-state index contributed by atoms with van der Waals surface area (Å²) >= 11 is 0. The molecular weight excluding hydrogens is 222 g/mol. The van der Waals surface area contributed by atoms with Gasteiger partial charge in [0, 0.05) is 12.7 Å². The van der Waals surface area contributed by atoms with Crippen molar-refractivity contribution in [1.82, 2.24) is 9.88 Å². The minimum absolute atomic E-state index is 0.0787. The lowest BCUT2D eigenvalue weighted by atomic mass is 9.88. The van der Waals surface area contributed by atoms with Gasteiger partial charge in [0.05, 0.1) is 18.8 Å². The van der Waals surface area contributed by atoms with E-state index in [1.54, 1.807) is 4.90 Å². The first-order chi connectivity index (χ1) is 7.76. The summed E-state index contributed by atoms with van der Waals surface area (Å²) < 4.78 is 25.3. The maximum absolute atomic E-state index is 12.6. The van der Waals surface area contributed by atoms with E-state index in [0.29, 0.717) is 6.54 Å². The zero-order chi connectivity index (χ0) is 12.7. The van der Waals surface area contributed by atoms with Crippen molar-refractivity contribution in [2.75, 3.05) is 13.1 Å².